The molecule has 1 atom stereocenters. The first-order valence-electron chi connectivity index (χ1n) is 5.79. The van der Waals surface area contributed by atoms with Crippen LogP contribution in [0.4, 0.5) is 0 Å². The average Bonchev–Trinajstić information content (AvgIpc) is 2.26. The van der Waals surface area contributed by atoms with Crippen molar-refractivity contribution in [3.8, 4) is 0 Å². The van der Waals surface area contributed by atoms with Gasteiger partial charge in [-0.25, -0.2) is 0 Å². The molecule has 0 aliphatic carbocycles. The molecule has 2 heterocycles. The van der Waals surface area contributed by atoms with Crippen LogP contribution in [0.25, 0.3) is 0 Å². The van der Waals surface area contributed by atoms with Gasteiger partial charge in [0, 0.05) is 26.2 Å². The summed E-state index contributed by atoms with van der Waals surface area (Å²) in [7, 11) is 1.40. The highest BCUT2D eigenvalue weighted by Gasteiger charge is 2.34. The van der Waals surface area contributed by atoms with Gasteiger partial charge in [-0.15, -0.1) is 12.4 Å². The van der Waals surface area contributed by atoms with Gasteiger partial charge in [0.25, 0.3) is 0 Å². The molecule has 98 valence electrons. The number of amides is 1. The van der Waals surface area contributed by atoms with E-state index in [1.54, 1.807) is 0 Å². The van der Waals surface area contributed by atoms with Crippen molar-refractivity contribution in [3.05, 3.63) is 0 Å². The number of methoxy groups -OCH3 is 1. The minimum Gasteiger partial charge on any atom is -0.469 e. The molecule has 2 aliphatic heterocycles. The van der Waals surface area contributed by atoms with E-state index in [4.69, 9.17) is 4.74 Å². The summed E-state index contributed by atoms with van der Waals surface area (Å²) >= 11 is 0. The molecule has 2 aliphatic rings. The lowest BCUT2D eigenvalue weighted by Gasteiger charge is -2.36. The zero-order chi connectivity index (χ0) is 11.5. The second-order valence-electron chi connectivity index (χ2n) is 4.50. The Morgan fingerprint density at radius 3 is 2.53 bits per heavy atom. The van der Waals surface area contributed by atoms with Gasteiger partial charge in [-0.1, -0.05) is 0 Å². The maximum atomic E-state index is 12.0. The first kappa shape index (κ1) is 14.3. The Morgan fingerprint density at radius 1 is 1.29 bits per heavy atom. The topological polar surface area (TPSA) is 58.6 Å². The van der Waals surface area contributed by atoms with Crippen LogP contribution in [0, 0.1) is 11.8 Å². The molecule has 0 saturated carbocycles. The highest BCUT2D eigenvalue weighted by Crippen LogP contribution is 2.20. The summed E-state index contributed by atoms with van der Waals surface area (Å²) in [5.74, 6) is -0.0104. The lowest BCUT2D eigenvalue weighted by atomic mass is 9.95. The van der Waals surface area contributed by atoms with Crippen molar-refractivity contribution in [2.45, 2.75) is 12.8 Å². The number of nitrogens with zero attached hydrogens (tertiary/aromatic N) is 1. The number of halogens is 1. The van der Waals surface area contributed by atoms with Crippen LogP contribution in [-0.2, 0) is 14.3 Å². The summed E-state index contributed by atoms with van der Waals surface area (Å²) in [6, 6.07) is 0. The van der Waals surface area contributed by atoms with Gasteiger partial charge in [0.2, 0.25) is 5.91 Å². The van der Waals surface area contributed by atoms with Crippen molar-refractivity contribution in [2.24, 2.45) is 11.8 Å². The van der Waals surface area contributed by atoms with Crippen LogP contribution in [-0.4, -0.2) is 50.1 Å². The smallest absolute Gasteiger partial charge is 0.310 e. The minimum absolute atomic E-state index is 0. The van der Waals surface area contributed by atoms with Gasteiger partial charge in [-0.2, -0.15) is 0 Å². The van der Waals surface area contributed by atoms with Gasteiger partial charge in [0.1, 0.15) is 0 Å². The maximum absolute atomic E-state index is 12.0. The van der Waals surface area contributed by atoms with Crippen molar-refractivity contribution in [1.82, 2.24) is 10.2 Å². The molecule has 1 unspecified atom stereocenters. The Bertz CT molecular complexity index is 294. The zero-order valence-electron chi connectivity index (χ0n) is 9.98. The van der Waals surface area contributed by atoms with E-state index < -0.39 is 0 Å². The molecule has 0 aromatic rings. The number of esters is 1. The normalized spacial score (nSPS) is 24.5. The summed E-state index contributed by atoms with van der Waals surface area (Å²) in [6.07, 6.45) is 1.73. The summed E-state index contributed by atoms with van der Waals surface area (Å²) in [5.41, 5.74) is 0. The van der Waals surface area contributed by atoms with E-state index in [1.165, 1.54) is 7.11 Å². The molecule has 0 radical (unpaired) electrons. The van der Waals surface area contributed by atoms with E-state index in [1.807, 2.05) is 4.90 Å². The van der Waals surface area contributed by atoms with Crippen LogP contribution in [0.5, 0.6) is 0 Å². The van der Waals surface area contributed by atoms with Crippen molar-refractivity contribution in [3.63, 3.8) is 0 Å². The van der Waals surface area contributed by atoms with Crippen molar-refractivity contribution < 1.29 is 14.3 Å². The monoisotopic (exact) mass is 262 g/mol. The first-order chi connectivity index (χ1) is 7.72. The van der Waals surface area contributed by atoms with Crippen LogP contribution in [0.1, 0.15) is 12.8 Å². The molecule has 0 bridgehead atoms. The van der Waals surface area contributed by atoms with Crippen LogP contribution in [0.2, 0.25) is 0 Å². The molecule has 17 heavy (non-hydrogen) atoms. The molecule has 2 fully saturated rings. The van der Waals surface area contributed by atoms with Gasteiger partial charge in [0.05, 0.1) is 18.9 Å². The summed E-state index contributed by atoms with van der Waals surface area (Å²) < 4.78 is 4.73. The Morgan fingerprint density at radius 2 is 2.00 bits per heavy atom. The van der Waals surface area contributed by atoms with Gasteiger partial charge in [-0.3, -0.25) is 9.59 Å². The second-order valence-corrected chi connectivity index (χ2v) is 4.50. The zero-order valence-corrected chi connectivity index (χ0v) is 10.8. The Balaban J connectivity index is 0.00000144. The highest BCUT2D eigenvalue weighted by molar-refractivity contribution is 5.85. The van der Waals surface area contributed by atoms with Gasteiger partial charge < -0.3 is 15.0 Å². The van der Waals surface area contributed by atoms with Gasteiger partial charge >= 0.3 is 5.97 Å². The number of piperidine rings is 1. The van der Waals surface area contributed by atoms with Crippen LogP contribution in [0.3, 0.4) is 0 Å². The quantitative estimate of drug-likeness (QED) is 0.714. The lowest BCUT2D eigenvalue weighted by Crippen LogP contribution is -2.54. The minimum atomic E-state index is -0.191. The number of carbonyl (C=O) groups excluding carboxylic acids is 2. The molecule has 1 amide bonds. The molecule has 2 saturated heterocycles. The van der Waals surface area contributed by atoms with E-state index in [0.717, 1.165) is 32.5 Å². The second kappa shape index (κ2) is 6.21. The van der Waals surface area contributed by atoms with Gasteiger partial charge in [-0.05, 0) is 12.8 Å². The Kier molecular flexibility index (Phi) is 5.21. The fourth-order valence-electron chi connectivity index (χ4n) is 2.26. The largest absolute Gasteiger partial charge is 0.469 e. The maximum Gasteiger partial charge on any atom is 0.310 e. The Hall–Kier alpha value is -0.810. The third-order valence-corrected chi connectivity index (χ3v) is 3.40. The van der Waals surface area contributed by atoms with Crippen molar-refractivity contribution in [2.75, 3.05) is 33.3 Å². The van der Waals surface area contributed by atoms with Crippen molar-refractivity contribution >= 4 is 24.3 Å². The van der Waals surface area contributed by atoms with Crippen LogP contribution >= 0.6 is 12.4 Å². The summed E-state index contributed by atoms with van der Waals surface area (Å²) in [4.78, 5) is 25.2. The third-order valence-electron chi connectivity index (χ3n) is 3.40. The number of rotatable bonds is 2. The van der Waals surface area contributed by atoms with Crippen LogP contribution < -0.4 is 5.32 Å². The number of hydrogen-bond acceptors (Lipinski definition) is 4. The van der Waals surface area contributed by atoms with Crippen molar-refractivity contribution in [1.29, 1.82) is 0 Å². The fraction of sp³-hybridized carbons (Fsp3) is 0.818. The van der Waals surface area contributed by atoms with E-state index >= 15 is 0 Å². The SMILES string of the molecule is COC(=O)C1CCCN(C(=O)C2CNC2)C1.Cl. The number of ether oxygens (including phenoxy) is 1. The number of nitrogens with one attached hydrogen (secondary N) is 1. The Labute approximate surface area is 107 Å². The third kappa shape index (κ3) is 3.10. The summed E-state index contributed by atoms with van der Waals surface area (Å²) in [5, 5.41) is 3.09. The van der Waals surface area contributed by atoms with Gasteiger partial charge in [0.15, 0.2) is 0 Å². The lowest BCUT2D eigenvalue weighted by molar-refractivity contribution is -0.150. The molecule has 0 aromatic carbocycles. The molecule has 6 heteroatoms. The molecular weight excluding hydrogens is 244 g/mol. The van der Waals surface area contributed by atoms with E-state index in [0.29, 0.717) is 6.54 Å². The molecule has 0 spiro atoms. The predicted octanol–water partition coefficient (Wildman–Crippen LogP) is 0.0392. The molecular formula is C11H19ClN2O3. The molecule has 5 nitrogen and oxygen atoms in total. The number of hydrogen-bond donors (Lipinski definition) is 1. The molecule has 2 rings (SSSR count). The first-order valence-corrected chi connectivity index (χ1v) is 5.79. The number of likely N-dealkylation sites (tertiary alicyclic amines) is 1. The van der Waals surface area contributed by atoms with E-state index in [9.17, 15) is 9.59 Å². The number of carbonyl (C=O) groups is 2. The molecule has 1 N–H and O–H groups in total. The predicted molar refractivity (Wildman–Crippen MR) is 64.9 cm³/mol. The van der Waals surface area contributed by atoms with E-state index in [2.05, 4.69) is 5.32 Å². The molecule has 0 aromatic heterocycles. The fourth-order valence-corrected chi connectivity index (χ4v) is 2.26. The van der Waals surface area contributed by atoms with Crippen LogP contribution in [0.15, 0.2) is 0 Å². The standard InChI is InChI=1S/C11H18N2O3.ClH/c1-16-11(15)8-3-2-4-13(7-8)10(14)9-5-12-6-9;/h8-9,12H,2-7H2,1H3;1H. The summed E-state index contributed by atoms with van der Waals surface area (Å²) in [6.45, 7) is 2.86. The highest BCUT2D eigenvalue weighted by atomic mass is 35.5. The average molecular weight is 263 g/mol. The van der Waals surface area contributed by atoms with E-state index in [-0.39, 0.29) is 36.1 Å².